The molecule has 22 heavy (non-hydrogen) atoms. The van der Waals surface area contributed by atoms with E-state index in [0.29, 0.717) is 12.1 Å². The molecule has 2 rings (SSSR count). The molecule has 0 aliphatic heterocycles. The average Bonchev–Trinajstić information content (AvgIpc) is 2.55. The number of likely N-dealkylation sites (N-methyl/N-ethyl adjacent to an activating group) is 1. The van der Waals surface area contributed by atoms with Gasteiger partial charge in [0.2, 0.25) is 0 Å². The van der Waals surface area contributed by atoms with Gasteiger partial charge in [-0.05, 0) is 23.7 Å². The quantitative estimate of drug-likeness (QED) is 0.841. The Morgan fingerprint density at radius 3 is 2.45 bits per heavy atom. The maximum Gasteiger partial charge on any atom is 0.336 e. The Bertz CT molecular complexity index is 635. The van der Waals surface area contributed by atoms with E-state index in [-0.39, 0.29) is 0 Å². The highest BCUT2D eigenvalue weighted by atomic mass is 16.4. The van der Waals surface area contributed by atoms with E-state index in [0.717, 1.165) is 18.7 Å². The summed E-state index contributed by atoms with van der Waals surface area (Å²) < 4.78 is 0. The van der Waals surface area contributed by atoms with Crippen LogP contribution in [0.2, 0.25) is 0 Å². The van der Waals surface area contributed by atoms with Crippen LogP contribution >= 0.6 is 0 Å². The first-order valence-corrected chi connectivity index (χ1v) is 7.46. The fraction of sp³-hybridized carbons (Fsp3) is 0.211. The van der Waals surface area contributed by atoms with E-state index in [1.807, 2.05) is 30.3 Å². The Morgan fingerprint density at radius 2 is 1.77 bits per heavy atom. The summed E-state index contributed by atoms with van der Waals surface area (Å²) in [5, 5.41) is 9.24. The number of carboxylic acids is 1. The van der Waals surface area contributed by atoms with Crippen molar-refractivity contribution < 1.29 is 9.90 Å². The first-order chi connectivity index (χ1) is 10.7. The van der Waals surface area contributed by atoms with Gasteiger partial charge in [-0.25, -0.2) is 4.79 Å². The van der Waals surface area contributed by atoms with E-state index in [2.05, 4.69) is 36.1 Å². The second-order valence-corrected chi connectivity index (χ2v) is 5.10. The molecule has 0 atom stereocenters. The number of carbonyl (C=O) groups is 1. The predicted octanol–water partition coefficient (Wildman–Crippen LogP) is 3.92. The highest BCUT2D eigenvalue weighted by molar-refractivity contribution is 5.89. The van der Waals surface area contributed by atoms with E-state index < -0.39 is 5.97 Å². The smallest absolute Gasteiger partial charge is 0.336 e. The first kappa shape index (κ1) is 16.0. The summed E-state index contributed by atoms with van der Waals surface area (Å²) in [6.45, 7) is 4.38. The summed E-state index contributed by atoms with van der Waals surface area (Å²) in [6, 6.07) is 17.3. The van der Waals surface area contributed by atoms with Crippen molar-refractivity contribution in [2.45, 2.75) is 13.5 Å². The molecule has 2 aromatic carbocycles. The molecule has 0 aliphatic carbocycles. The molecule has 0 spiro atoms. The summed E-state index contributed by atoms with van der Waals surface area (Å²) in [6.07, 6.45) is 4.20. The van der Waals surface area contributed by atoms with E-state index in [9.17, 15) is 9.90 Å². The Hall–Kier alpha value is -2.39. The van der Waals surface area contributed by atoms with Gasteiger partial charge in [-0.2, -0.15) is 0 Å². The number of carboxylic acid groups (broad SMARTS) is 1. The standard InChI is InChI=1S/C19H21NO2/c1-2-20(14-8-11-16-9-4-3-5-10-16)15-17-12-6-7-13-18(17)19(21)22/h3-13H,2,14-15H2,1H3,(H,21,22). The Kier molecular flexibility index (Phi) is 5.92. The van der Waals surface area contributed by atoms with Crippen LogP contribution in [0.5, 0.6) is 0 Å². The molecule has 0 unspecified atom stereocenters. The van der Waals surface area contributed by atoms with Gasteiger partial charge < -0.3 is 5.11 Å². The summed E-state index contributed by atoms with van der Waals surface area (Å²) in [7, 11) is 0. The van der Waals surface area contributed by atoms with Crippen molar-refractivity contribution in [3.63, 3.8) is 0 Å². The van der Waals surface area contributed by atoms with Gasteiger partial charge in [0.1, 0.15) is 0 Å². The van der Waals surface area contributed by atoms with Crippen LogP contribution < -0.4 is 0 Å². The molecule has 0 aromatic heterocycles. The van der Waals surface area contributed by atoms with Gasteiger partial charge in [0, 0.05) is 13.1 Å². The van der Waals surface area contributed by atoms with Gasteiger partial charge in [-0.3, -0.25) is 4.90 Å². The molecular formula is C19H21NO2. The molecular weight excluding hydrogens is 274 g/mol. The van der Waals surface area contributed by atoms with Crippen LogP contribution in [0.25, 0.3) is 6.08 Å². The van der Waals surface area contributed by atoms with Crippen molar-refractivity contribution in [2.24, 2.45) is 0 Å². The monoisotopic (exact) mass is 295 g/mol. The number of benzene rings is 2. The minimum atomic E-state index is -0.869. The molecule has 0 bridgehead atoms. The maximum absolute atomic E-state index is 11.3. The molecule has 2 aromatic rings. The number of nitrogens with zero attached hydrogens (tertiary/aromatic N) is 1. The van der Waals surface area contributed by atoms with Crippen LogP contribution in [0.1, 0.15) is 28.4 Å². The van der Waals surface area contributed by atoms with Crippen LogP contribution in [-0.2, 0) is 6.54 Å². The highest BCUT2D eigenvalue weighted by Gasteiger charge is 2.11. The van der Waals surface area contributed by atoms with Gasteiger partial charge in [0.05, 0.1) is 5.56 Å². The first-order valence-electron chi connectivity index (χ1n) is 7.46. The second-order valence-electron chi connectivity index (χ2n) is 5.10. The van der Waals surface area contributed by atoms with Gasteiger partial charge >= 0.3 is 5.97 Å². The van der Waals surface area contributed by atoms with Gasteiger partial charge in [-0.15, -0.1) is 0 Å². The minimum Gasteiger partial charge on any atom is -0.478 e. The lowest BCUT2D eigenvalue weighted by molar-refractivity contribution is 0.0694. The molecule has 114 valence electrons. The summed E-state index contributed by atoms with van der Waals surface area (Å²) >= 11 is 0. The molecule has 0 fully saturated rings. The highest BCUT2D eigenvalue weighted by Crippen LogP contribution is 2.12. The van der Waals surface area contributed by atoms with E-state index in [4.69, 9.17) is 0 Å². The zero-order valence-corrected chi connectivity index (χ0v) is 12.8. The summed E-state index contributed by atoms with van der Waals surface area (Å²) in [4.78, 5) is 13.5. The van der Waals surface area contributed by atoms with Crippen LogP contribution in [0.3, 0.4) is 0 Å². The molecule has 0 radical (unpaired) electrons. The zero-order valence-electron chi connectivity index (χ0n) is 12.8. The number of aromatic carboxylic acids is 1. The number of rotatable bonds is 7. The van der Waals surface area contributed by atoms with Crippen LogP contribution in [0.15, 0.2) is 60.7 Å². The Balaban J connectivity index is 2.01. The molecule has 0 heterocycles. The SMILES string of the molecule is CCN(CC=Cc1ccccc1)Cc1ccccc1C(=O)O. The van der Waals surface area contributed by atoms with E-state index in [1.165, 1.54) is 5.56 Å². The van der Waals surface area contributed by atoms with E-state index in [1.54, 1.807) is 12.1 Å². The van der Waals surface area contributed by atoms with Crippen molar-refractivity contribution in [1.29, 1.82) is 0 Å². The maximum atomic E-state index is 11.3. The second kappa shape index (κ2) is 8.15. The van der Waals surface area contributed by atoms with E-state index >= 15 is 0 Å². The van der Waals surface area contributed by atoms with Crippen LogP contribution in [0.4, 0.5) is 0 Å². The van der Waals surface area contributed by atoms with Gasteiger partial charge in [-0.1, -0.05) is 67.6 Å². The fourth-order valence-electron chi connectivity index (χ4n) is 2.32. The van der Waals surface area contributed by atoms with Crippen molar-refractivity contribution in [3.8, 4) is 0 Å². The largest absolute Gasteiger partial charge is 0.478 e. The van der Waals surface area contributed by atoms with Crippen molar-refractivity contribution in [3.05, 3.63) is 77.4 Å². The third-order valence-corrected chi connectivity index (χ3v) is 3.56. The fourth-order valence-corrected chi connectivity index (χ4v) is 2.32. The molecule has 0 saturated heterocycles. The number of hydrogen-bond acceptors (Lipinski definition) is 2. The minimum absolute atomic E-state index is 0.382. The lowest BCUT2D eigenvalue weighted by atomic mass is 10.1. The third kappa shape index (κ3) is 4.57. The molecule has 1 N–H and O–H groups in total. The molecule has 3 heteroatoms. The Labute approximate surface area is 131 Å². The van der Waals surface area contributed by atoms with Gasteiger partial charge in [0.25, 0.3) is 0 Å². The van der Waals surface area contributed by atoms with Crippen LogP contribution in [0, 0.1) is 0 Å². The molecule has 0 aliphatic rings. The predicted molar refractivity (Wildman–Crippen MR) is 89.8 cm³/mol. The number of hydrogen-bond donors (Lipinski definition) is 1. The molecule has 0 saturated carbocycles. The molecule has 0 amide bonds. The van der Waals surface area contributed by atoms with Crippen molar-refractivity contribution in [1.82, 2.24) is 4.90 Å². The molecule has 3 nitrogen and oxygen atoms in total. The normalized spacial score (nSPS) is 11.2. The topological polar surface area (TPSA) is 40.5 Å². The summed E-state index contributed by atoms with van der Waals surface area (Å²) in [5.41, 5.74) is 2.41. The lowest BCUT2D eigenvalue weighted by Crippen LogP contribution is -2.24. The van der Waals surface area contributed by atoms with Gasteiger partial charge in [0.15, 0.2) is 0 Å². The Morgan fingerprint density at radius 1 is 1.09 bits per heavy atom. The third-order valence-electron chi connectivity index (χ3n) is 3.56. The van der Waals surface area contributed by atoms with Crippen molar-refractivity contribution in [2.75, 3.05) is 13.1 Å². The summed E-state index contributed by atoms with van der Waals surface area (Å²) in [5.74, 6) is -0.869. The average molecular weight is 295 g/mol. The lowest BCUT2D eigenvalue weighted by Gasteiger charge is -2.19. The van der Waals surface area contributed by atoms with Crippen molar-refractivity contribution >= 4 is 12.0 Å². The van der Waals surface area contributed by atoms with Crippen LogP contribution in [-0.4, -0.2) is 29.1 Å². The zero-order chi connectivity index (χ0) is 15.8.